The number of nitrogens with zero attached hydrogens (tertiary/aromatic N) is 1. The molecule has 7 heteroatoms. The lowest BCUT2D eigenvalue weighted by atomic mass is 10.2. The highest BCUT2D eigenvalue weighted by Crippen LogP contribution is 2.30. The van der Waals surface area contributed by atoms with Gasteiger partial charge in [0.05, 0.1) is 23.9 Å². The highest BCUT2D eigenvalue weighted by molar-refractivity contribution is 6.33. The van der Waals surface area contributed by atoms with Gasteiger partial charge in [0, 0.05) is 36.6 Å². The minimum absolute atomic E-state index is 0.0645. The third-order valence-electron chi connectivity index (χ3n) is 5.45. The molecule has 0 spiro atoms. The van der Waals surface area contributed by atoms with Crippen LogP contribution in [0.3, 0.4) is 0 Å². The van der Waals surface area contributed by atoms with E-state index in [-0.39, 0.29) is 12.5 Å². The molecule has 3 aromatic rings. The molecule has 33 heavy (non-hydrogen) atoms. The Morgan fingerprint density at radius 1 is 1.03 bits per heavy atom. The van der Waals surface area contributed by atoms with Gasteiger partial charge in [-0.15, -0.1) is 0 Å². The summed E-state index contributed by atoms with van der Waals surface area (Å²) in [5.74, 6) is 0.465. The van der Waals surface area contributed by atoms with Crippen molar-refractivity contribution in [3.05, 3.63) is 82.9 Å². The lowest BCUT2D eigenvalue weighted by Gasteiger charge is -2.29. The molecule has 172 valence electrons. The lowest BCUT2D eigenvalue weighted by molar-refractivity contribution is -0.118. The summed E-state index contributed by atoms with van der Waals surface area (Å²) in [6.07, 6.45) is 0. The van der Waals surface area contributed by atoms with Crippen LogP contribution in [0, 0.1) is 6.92 Å². The number of carbonyl (C=O) groups excluding carboxylic acids is 1. The monoisotopic (exact) mass is 465 g/mol. The van der Waals surface area contributed by atoms with Gasteiger partial charge in [0.25, 0.3) is 5.91 Å². The molecule has 4 rings (SSSR count). The van der Waals surface area contributed by atoms with E-state index in [1.807, 2.05) is 73.7 Å². The summed E-state index contributed by atoms with van der Waals surface area (Å²) < 4.78 is 11.2. The van der Waals surface area contributed by atoms with Crippen LogP contribution in [0.5, 0.6) is 5.75 Å². The molecule has 2 N–H and O–H groups in total. The second-order valence-electron chi connectivity index (χ2n) is 7.93. The van der Waals surface area contributed by atoms with Crippen LogP contribution in [-0.2, 0) is 16.1 Å². The maximum absolute atomic E-state index is 12.3. The van der Waals surface area contributed by atoms with Crippen molar-refractivity contribution in [1.29, 1.82) is 0 Å². The Morgan fingerprint density at radius 3 is 2.52 bits per heavy atom. The van der Waals surface area contributed by atoms with Gasteiger partial charge in [0.15, 0.2) is 6.61 Å². The van der Waals surface area contributed by atoms with Gasteiger partial charge in [-0.2, -0.15) is 0 Å². The number of amides is 1. The van der Waals surface area contributed by atoms with E-state index in [2.05, 4.69) is 15.5 Å². The Labute approximate surface area is 199 Å². The standard InChI is InChI=1S/C26H28ClN3O3/c1-19-6-8-21(9-7-19)29-26(31)18-33-25-5-3-2-4-20(25)17-28-22-10-11-24(23(27)16-22)30-12-14-32-15-13-30/h2-11,16,28H,12-15,17-18H2,1H3,(H,29,31). The van der Waals surface area contributed by atoms with Gasteiger partial charge in [-0.05, 0) is 43.3 Å². The number of anilines is 3. The summed E-state index contributed by atoms with van der Waals surface area (Å²) in [4.78, 5) is 14.5. The van der Waals surface area contributed by atoms with Crippen molar-refractivity contribution in [2.24, 2.45) is 0 Å². The molecule has 0 saturated carbocycles. The summed E-state index contributed by atoms with van der Waals surface area (Å²) in [7, 11) is 0. The van der Waals surface area contributed by atoms with Crippen molar-refractivity contribution in [2.75, 3.05) is 48.4 Å². The summed E-state index contributed by atoms with van der Waals surface area (Å²) in [5.41, 5.74) is 4.79. The molecule has 0 atom stereocenters. The fraction of sp³-hybridized carbons (Fsp3) is 0.269. The molecule has 1 aliphatic rings. The Bertz CT molecular complexity index is 1080. The van der Waals surface area contributed by atoms with Gasteiger partial charge in [-0.25, -0.2) is 0 Å². The zero-order valence-corrected chi connectivity index (χ0v) is 19.4. The molecule has 3 aromatic carbocycles. The van der Waals surface area contributed by atoms with Crippen LogP contribution in [0.25, 0.3) is 0 Å². The van der Waals surface area contributed by atoms with Gasteiger partial charge in [0.2, 0.25) is 0 Å². The second-order valence-corrected chi connectivity index (χ2v) is 8.34. The first-order chi connectivity index (χ1) is 16.1. The van der Waals surface area contributed by atoms with Crippen molar-refractivity contribution in [2.45, 2.75) is 13.5 Å². The van der Waals surface area contributed by atoms with E-state index in [4.69, 9.17) is 21.1 Å². The molecule has 0 radical (unpaired) electrons. The Hall–Kier alpha value is -3.22. The zero-order chi connectivity index (χ0) is 23.0. The number of hydrogen-bond acceptors (Lipinski definition) is 5. The molecule has 1 heterocycles. The van der Waals surface area contributed by atoms with Gasteiger partial charge < -0.3 is 25.0 Å². The SMILES string of the molecule is Cc1ccc(NC(=O)COc2ccccc2CNc2ccc(N3CCOCC3)c(Cl)c2)cc1. The van der Waals surface area contributed by atoms with Crippen LogP contribution in [0.4, 0.5) is 17.1 Å². The largest absolute Gasteiger partial charge is 0.483 e. The number of benzene rings is 3. The predicted molar refractivity (Wildman–Crippen MR) is 134 cm³/mol. The zero-order valence-electron chi connectivity index (χ0n) is 18.6. The molecule has 1 aliphatic heterocycles. The summed E-state index contributed by atoms with van der Waals surface area (Å²) in [6, 6.07) is 21.3. The number of rotatable bonds is 8. The maximum atomic E-state index is 12.3. The van der Waals surface area contributed by atoms with E-state index in [1.54, 1.807) is 0 Å². The average molecular weight is 466 g/mol. The minimum atomic E-state index is -0.202. The second kappa shape index (κ2) is 11.1. The molecule has 0 bridgehead atoms. The van der Waals surface area contributed by atoms with Gasteiger partial charge in [0.1, 0.15) is 5.75 Å². The lowest BCUT2D eigenvalue weighted by Crippen LogP contribution is -2.36. The number of para-hydroxylation sites is 1. The first-order valence-corrected chi connectivity index (χ1v) is 11.4. The fourth-order valence-corrected chi connectivity index (χ4v) is 3.94. The summed E-state index contributed by atoms with van der Waals surface area (Å²) >= 11 is 6.54. The van der Waals surface area contributed by atoms with E-state index in [0.29, 0.717) is 17.3 Å². The summed E-state index contributed by atoms with van der Waals surface area (Å²) in [6.45, 7) is 5.61. The van der Waals surface area contributed by atoms with Gasteiger partial charge in [-0.1, -0.05) is 47.5 Å². The predicted octanol–water partition coefficient (Wildman–Crippen LogP) is 5.11. The third-order valence-corrected chi connectivity index (χ3v) is 5.75. The van der Waals surface area contributed by atoms with Crippen LogP contribution in [0.2, 0.25) is 5.02 Å². The maximum Gasteiger partial charge on any atom is 0.262 e. The molecule has 0 aromatic heterocycles. The molecular weight excluding hydrogens is 438 g/mol. The molecule has 1 fully saturated rings. The Balaban J connectivity index is 1.33. The smallest absolute Gasteiger partial charge is 0.262 e. The van der Waals surface area contributed by atoms with E-state index >= 15 is 0 Å². The summed E-state index contributed by atoms with van der Waals surface area (Å²) in [5, 5.41) is 6.95. The van der Waals surface area contributed by atoms with Crippen LogP contribution in [0.1, 0.15) is 11.1 Å². The average Bonchev–Trinajstić information content (AvgIpc) is 2.84. The normalized spacial score (nSPS) is 13.5. The van der Waals surface area contributed by atoms with Crippen molar-refractivity contribution in [1.82, 2.24) is 0 Å². The number of hydrogen-bond donors (Lipinski definition) is 2. The molecule has 0 unspecified atom stereocenters. The minimum Gasteiger partial charge on any atom is -0.483 e. The van der Waals surface area contributed by atoms with E-state index in [9.17, 15) is 4.79 Å². The molecule has 1 amide bonds. The number of aryl methyl sites for hydroxylation is 1. The van der Waals surface area contributed by atoms with Crippen LogP contribution in [-0.4, -0.2) is 38.8 Å². The number of nitrogens with one attached hydrogen (secondary N) is 2. The molecular formula is C26H28ClN3O3. The number of halogens is 1. The number of morpholine rings is 1. The van der Waals surface area contributed by atoms with Crippen molar-refractivity contribution < 1.29 is 14.3 Å². The van der Waals surface area contributed by atoms with Crippen molar-refractivity contribution in [3.8, 4) is 5.75 Å². The third kappa shape index (κ3) is 6.40. The fourth-order valence-electron chi connectivity index (χ4n) is 3.64. The van der Waals surface area contributed by atoms with E-state index in [0.717, 1.165) is 54.5 Å². The molecule has 6 nitrogen and oxygen atoms in total. The Morgan fingerprint density at radius 2 is 1.76 bits per heavy atom. The first-order valence-electron chi connectivity index (χ1n) is 11.0. The van der Waals surface area contributed by atoms with Crippen LogP contribution in [0.15, 0.2) is 66.7 Å². The number of carbonyl (C=O) groups is 1. The quantitative estimate of drug-likeness (QED) is 0.483. The molecule has 0 aliphatic carbocycles. The molecule has 1 saturated heterocycles. The highest BCUT2D eigenvalue weighted by Gasteiger charge is 2.14. The number of ether oxygens (including phenoxy) is 2. The van der Waals surface area contributed by atoms with Gasteiger partial charge in [-0.3, -0.25) is 4.79 Å². The topological polar surface area (TPSA) is 62.8 Å². The van der Waals surface area contributed by atoms with E-state index in [1.165, 1.54) is 0 Å². The highest BCUT2D eigenvalue weighted by atomic mass is 35.5. The van der Waals surface area contributed by atoms with E-state index < -0.39 is 0 Å². The van der Waals surface area contributed by atoms with Gasteiger partial charge >= 0.3 is 0 Å². The Kier molecular flexibility index (Phi) is 7.70. The first kappa shape index (κ1) is 23.0. The van der Waals surface area contributed by atoms with Crippen molar-refractivity contribution in [3.63, 3.8) is 0 Å². The van der Waals surface area contributed by atoms with Crippen LogP contribution < -0.4 is 20.3 Å². The van der Waals surface area contributed by atoms with Crippen LogP contribution >= 0.6 is 11.6 Å². The van der Waals surface area contributed by atoms with Crippen molar-refractivity contribution >= 4 is 34.6 Å².